The summed E-state index contributed by atoms with van der Waals surface area (Å²) in [5.41, 5.74) is 2.68. The predicted molar refractivity (Wildman–Crippen MR) is 131 cm³/mol. The van der Waals surface area contributed by atoms with E-state index in [0.29, 0.717) is 47.9 Å². The van der Waals surface area contributed by atoms with E-state index >= 15 is 0 Å². The lowest BCUT2D eigenvalue weighted by atomic mass is 10.1. The predicted octanol–water partition coefficient (Wildman–Crippen LogP) is 5.74. The molecular formula is C28H26F3NO5. The van der Waals surface area contributed by atoms with E-state index in [2.05, 4.69) is 0 Å². The van der Waals surface area contributed by atoms with E-state index in [9.17, 15) is 22.8 Å². The lowest BCUT2D eigenvalue weighted by Crippen LogP contribution is -2.23. The number of nitrogens with zero attached hydrogens (tertiary/aromatic N) is 1. The Labute approximate surface area is 212 Å². The molecule has 0 aromatic heterocycles. The second-order valence-corrected chi connectivity index (χ2v) is 8.51. The van der Waals surface area contributed by atoms with Crippen molar-refractivity contribution < 1.29 is 37.0 Å². The number of rotatable bonds is 9. The summed E-state index contributed by atoms with van der Waals surface area (Å²) in [6.45, 7) is 4.33. The fourth-order valence-electron chi connectivity index (χ4n) is 4.13. The Hall–Kier alpha value is -4.01. The molecule has 0 saturated heterocycles. The Morgan fingerprint density at radius 2 is 1.76 bits per heavy atom. The summed E-state index contributed by atoms with van der Waals surface area (Å²) >= 11 is 0. The SMILES string of the molecule is CCOC(=O)COc1ccc(CCOc2cccc3c2CN(c2ccc(C(F)(F)F)cc2)C3=O)cc1C. The van der Waals surface area contributed by atoms with Crippen LogP contribution in [0.15, 0.2) is 60.7 Å². The first-order valence-electron chi connectivity index (χ1n) is 11.8. The molecule has 1 heterocycles. The summed E-state index contributed by atoms with van der Waals surface area (Å²) in [7, 11) is 0. The third-order valence-electron chi connectivity index (χ3n) is 5.97. The van der Waals surface area contributed by atoms with Gasteiger partial charge in [0.25, 0.3) is 5.91 Å². The number of halogens is 3. The van der Waals surface area contributed by atoms with Gasteiger partial charge in [-0.15, -0.1) is 0 Å². The lowest BCUT2D eigenvalue weighted by Gasteiger charge is -2.17. The van der Waals surface area contributed by atoms with Gasteiger partial charge in [-0.3, -0.25) is 4.79 Å². The van der Waals surface area contributed by atoms with Crippen molar-refractivity contribution in [2.75, 3.05) is 24.7 Å². The molecule has 0 atom stereocenters. The maximum Gasteiger partial charge on any atom is 0.416 e. The smallest absolute Gasteiger partial charge is 0.416 e. The number of esters is 1. The zero-order valence-corrected chi connectivity index (χ0v) is 20.4. The first kappa shape index (κ1) is 26.1. The molecule has 194 valence electrons. The number of hydrogen-bond donors (Lipinski definition) is 0. The summed E-state index contributed by atoms with van der Waals surface area (Å²) in [5, 5.41) is 0. The van der Waals surface area contributed by atoms with Gasteiger partial charge in [0.2, 0.25) is 0 Å². The molecular weight excluding hydrogens is 487 g/mol. The molecule has 0 unspecified atom stereocenters. The highest BCUT2D eigenvalue weighted by Gasteiger charge is 2.33. The third kappa shape index (κ3) is 6.04. The van der Waals surface area contributed by atoms with Crippen LogP contribution in [0.4, 0.5) is 18.9 Å². The molecule has 0 saturated carbocycles. The van der Waals surface area contributed by atoms with E-state index in [4.69, 9.17) is 14.2 Å². The highest BCUT2D eigenvalue weighted by molar-refractivity contribution is 6.10. The first-order chi connectivity index (χ1) is 17.7. The molecule has 0 fully saturated rings. The normalized spacial score (nSPS) is 12.9. The number of anilines is 1. The lowest BCUT2D eigenvalue weighted by molar-refractivity contribution is -0.145. The number of aryl methyl sites for hydroxylation is 1. The third-order valence-corrected chi connectivity index (χ3v) is 5.97. The van der Waals surface area contributed by atoms with Crippen LogP contribution < -0.4 is 14.4 Å². The molecule has 1 amide bonds. The topological polar surface area (TPSA) is 65.1 Å². The molecule has 3 aromatic rings. The van der Waals surface area contributed by atoms with Crippen LogP contribution in [0.3, 0.4) is 0 Å². The molecule has 0 N–H and O–H groups in total. The zero-order chi connectivity index (χ0) is 26.6. The number of ether oxygens (including phenoxy) is 3. The van der Waals surface area contributed by atoms with Crippen molar-refractivity contribution in [3.05, 3.63) is 88.5 Å². The average Bonchev–Trinajstić information content (AvgIpc) is 3.20. The molecule has 3 aromatic carbocycles. The van der Waals surface area contributed by atoms with Gasteiger partial charge in [-0.2, -0.15) is 13.2 Å². The van der Waals surface area contributed by atoms with Gasteiger partial charge in [0, 0.05) is 23.2 Å². The van der Waals surface area contributed by atoms with Crippen LogP contribution in [-0.4, -0.2) is 31.7 Å². The van der Waals surface area contributed by atoms with Crippen molar-refractivity contribution in [2.24, 2.45) is 0 Å². The number of benzene rings is 3. The van der Waals surface area contributed by atoms with Gasteiger partial charge in [-0.1, -0.05) is 18.2 Å². The van der Waals surface area contributed by atoms with Gasteiger partial charge >= 0.3 is 12.1 Å². The molecule has 37 heavy (non-hydrogen) atoms. The van der Waals surface area contributed by atoms with Crippen molar-refractivity contribution in [3.8, 4) is 11.5 Å². The molecule has 1 aliphatic rings. The Morgan fingerprint density at radius 3 is 2.43 bits per heavy atom. The fraction of sp³-hybridized carbons (Fsp3) is 0.286. The number of carbonyl (C=O) groups excluding carboxylic acids is 2. The molecule has 6 nitrogen and oxygen atoms in total. The Morgan fingerprint density at radius 1 is 1.00 bits per heavy atom. The molecule has 0 radical (unpaired) electrons. The van der Waals surface area contributed by atoms with E-state index in [1.807, 2.05) is 19.1 Å². The van der Waals surface area contributed by atoms with Gasteiger partial charge in [0.05, 0.1) is 25.3 Å². The quantitative estimate of drug-likeness (QED) is 0.342. The minimum Gasteiger partial charge on any atom is -0.493 e. The molecule has 0 spiro atoms. The van der Waals surface area contributed by atoms with Crippen LogP contribution in [0.25, 0.3) is 0 Å². The van der Waals surface area contributed by atoms with Crippen molar-refractivity contribution in [3.63, 3.8) is 0 Å². The van der Waals surface area contributed by atoms with Crippen LogP contribution >= 0.6 is 0 Å². The second kappa shape index (κ2) is 10.9. The number of amides is 1. The summed E-state index contributed by atoms with van der Waals surface area (Å²) in [6, 6.07) is 15.4. The Balaban J connectivity index is 1.38. The molecule has 0 bridgehead atoms. The highest BCUT2D eigenvalue weighted by atomic mass is 19.4. The number of alkyl halides is 3. The van der Waals surface area contributed by atoms with Crippen molar-refractivity contribution in [1.82, 2.24) is 0 Å². The Kier molecular flexibility index (Phi) is 7.71. The number of carbonyl (C=O) groups is 2. The first-order valence-corrected chi connectivity index (χ1v) is 11.8. The molecule has 0 aliphatic carbocycles. The second-order valence-electron chi connectivity index (χ2n) is 8.51. The van der Waals surface area contributed by atoms with Gasteiger partial charge in [0.15, 0.2) is 6.61 Å². The van der Waals surface area contributed by atoms with E-state index in [1.54, 1.807) is 31.2 Å². The largest absolute Gasteiger partial charge is 0.493 e. The van der Waals surface area contributed by atoms with Gasteiger partial charge in [-0.25, -0.2) is 4.79 Å². The van der Waals surface area contributed by atoms with E-state index < -0.39 is 17.7 Å². The molecule has 1 aliphatic heterocycles. The van der Waals surface area contributed by atoms with E-state index in [1.165, 1.54) is 17.0 Å². The number of fused-ring (bicyclic) bond motifs is 1. The summed E-state index contributed by atoms with van der Waals surface area (Å²) < 4.78 is 55.1. The van der Waals surface area contributed by atoms with Gasteiger partial charge < -0.3 is 19.1 Å². The summed E-state index contributed by atoms with van der Waals surface area (Å²) in [4.78, 5) is 25.9. The van der Waals surface area contributed by atoms with Crippen molar-refractivity contribution in [2.45, 2.75) is 33.0 Å². The van der Waals surface area contributed by atoms with E-state index in [0.717, 1.165) is 23.3 Å². The summed E-state index contributed by atoms with van der Waals surface area (Å²) in [5.74, 6) is 0.450. The van der Waals surface area contributed by atoms with E-state index in [-0.39, 0.29) is 19.1 Å². The average molecular weight is 514 g/mol. The van der Waals surface area contributed by atoms with Crippen LogP contribution in [-0.2, 0) is 28.7 Å². The van der Waals surface area contributed by atoms with Crippen molar-refractivity contribution >= 4 is 17.6 Å². The fourth-order valence-corrected chi connectivity index (χ4v) is 4.13. The highest BCUT2D eigenvalue weighted by Crippen LogP contribution is 2.36. The maximum atomic E-state index is 12.9. The minimum absolute atomic E-state index is 0.154. The molecule has 4 rings (SSSR count). The van der Waals surface area contributed by atoms with Gasteiger partial charge in [0.1, 0.15) is 11.5 Å². The minimum atomic E-state index is -4.44. The monoisotopic (exact) mass is 513 g/mol. The van der Waals surface area contributed by atoms with Crippen LogP contribution in [0.2, 0.25) is 0 Å². The van der Waals surface area contributed by atoms with Crippen LogP contribution in [0.1, 0.15) is 39.5 Å². The molecule has 9 heteroatoms. The Bertz CT molecular complexity index is 1290. The zero-order valence-electron chi connectivity index (χ0n) is 20.4. The number of hydrogen-bond acceptors (Lipinski definition) is 5. The van der Waals surface area contributed by atoms with Crippen LogP contribution in [0, 0.1) is 6.92 Å². The van der Waals surface area contributed by atoms with Crippen LogP contribution in [0.5, 0.6) is 11.5 Å². The maximum absolute atomic E-state index is 12.9. The van der Waals surface area contributed by atoms with Gasteiger partial charge in [-0.05, 0) is 67.4 Å². The summed E-state index contributed by atoms with van der Waals surface area (Å²) in [6.07, 6.45) is -3.84. The standard InChI is InChI=1S/C28H26F3NO5/c1-3-35-26(33)17-37-24-12-7-19(15-18(24)2)13-14-36-25-6-4-5-22-23(25)16-32(27(22)34)21-10-8-20(9-11-21)28(29,30)31/h4-12,15H,3,13-14,16-17H2,1-2H3. The van der Waals surface area contributed by atoms with Crippen molar-refractivity contribution in [1.29, 1.82) is 0 Å².